The van der Waals surface area contributed by atoms with Gasteiger partial charge >= 0.3 is 0 Å². The Bertz CT molecular complexity index is 980. The van der Waals surface area contributed by atoms with Crippen molar-refractivity contribution in [3.05, 3.63) is 86.6 Å². The number of carbonyl (C=O) groups is 1. The van der Waals surface area contributed by atoms with E-state index in [2.05, 4.69) is 26.5 Å². The molecule has 0 saturated carbocycles. The van der Waals surface area contributed by atoms with E-state index in [1.54, 1.807) is 48.5 Å². The molecule has 1 heterocycles. The molecular weight excluding hydrogens is 402 g/mol. The lowest BCUT2D eigenvalue weighted by Gasteiger charge is -1.99. The number of rotatable bonds is 5. The van der Waals surface area contributed by atoms with Crippen LogP contribution in [-0.4, -0.2) is 17.0 Å². The molecule has 0 fully saturated rings. The molecule has 3 aromatic rings. The van der Waals surface area contributed by atoms with Crippen molar-refractivity contribution in [3.63, 3.8) is 0 Å². The van der Waals surface area contributed by atoms with Crippen molar-refractivity contribution in [2.45, 2.75) is 0 Å². The average molecular weight is 414 g/mol. The van der Waals surface area contributed by atoms with Crippen molar-refractivity contribution < 1.29 is 14.1 Å². The molecule has 0 aliphatic heterocycles. The molecule has 0 atom stereocenters. The number of hydrazone groups is 1. The Morgan fingerprint density at radius 3 is 2.65 bits per heavy atom. The molecule has 0 saturated heterocycles. The standard InChI is InChI=1S/C18H12BrN3O4/c19-14-6-4-12(5-7-14)18(23)21-20-11-16-8-9-17(26-16)13-2-1-3-15(10-13)22(24)25/h1-11H,(H,21,23)/b20-11-. The largest absolute Gasteiger partial charge is 0.455 e. The van der Waals surface area contributed by atoms with E-state index in [1.807, 2.05) is 0 Å². The van der Waals surface area contributed by atoms with Gasteiger partial charge in [0.25, 0.3) is 11.6 Å². The highest BCUT2D eigenvalue weighted by atomic mass is 79.9. The van der Waals surface area contributed by atoms with Crippen LogP contribution >= 0.6 is 15.9 Å². The number of nitro groups is 1. The van der Waals surface area contributed by atoms with Gasteiger partial charge in [0.15, 0.2) is 0 Å². The second-order valence-electron chi connectivity index (χ2n) is 5.22. The molecule has 0 bridgehead atoms. The summed E-state index contributed by atoms with van der Waals surface area (Å²) in [6, 6.07) is 16.3. The molecule has 0 unspecified atom stereocenters. The number of nitrogens with zero attached hydrogens (tertiary/aromatic N) is 2. The summed E-state index contributed by atoms with van der Waals surface area (Å²) in [5.41, 5.74) is 3.44. The number of hydrogen-bond donors (Lipinski definition) is 1. The highest BCUT2D eigenvalue weighted by molar-refractivity contribution is 9.10. The van der Waals surface area contributed by atoms with Crippen LogP contribution in [0, 0.1) is 10.1 Å². The molecule has 0 radical (unpaired) electrons. The Morgan fingerprint density at radius 1 is 1.15 bits per heavy atom. The van der Waals surface area contributed by atoms with Crippen LogP contribution in [-0.2, 0) is 0 Å². The minimum Gasteiger partial charge on any atom is -0.455 e. The third-order valence-corrected chi connectivity index (χ3v) is 3.96. The molecule has 26 heavy (non-hydrogen) atoms. The minimum absolute atomic E-state index is 0.0177. The van der Waals surface area contributed by atoms with Crippen LogP contribution in [0.2, 0.25) is 0 Å². The molecule has 1 N–H and O–H groups in total. The van der Waals surface area contributed by atoms with Gasteiger partial charge in [-0.25, -0.2) is 5.43 Å². The van der Waals surface area contributed by atoms with Gasteiger partial charge in [-0.2, -0.15) is 5.10 Å². The molecule has 2 aromatic carbocycles. The second kappa shape index (κ2) is 7.75. The van der Waals surface area contributed by atoms with Crippen molar-refractivity contribution >= 4 is 33.7 Å². The van der Waals surface area contributed by atoms with Crippen molar-refractivity contribution in [1.82, 2.24) is 5.43 Å². The average Bonchev–Trinajstić information content (AvgIpc) is 3.11. The van der Waals surface area contributed by atoms with Gasteiger partial charge in [-0.15, -0.1) is 0 Å². The first-order valence-corrected chi connectivity index (χ1v) is 8.26. The Morgan fingerprint density at radius 2 is 1.92 bits per heavy atom. The number of carbonyl (C=O) groups excluding carboxylic acids is 1. The third kappa shape index (κ3) is 4.22. The van der Waals surface area contributed by atoms with Gasteiger partial charge in [0, 0.05) is 27.7 Å². The maximum atomic E-state index is 11.9. The highest BCUT2D eigenvalue weighted by Gasteiger charge is 2.10. The fourth-order valence-electron chi connectivity index (χ4n) is 2.17. The summed E-state index contributed by atoms with van der Waals surface area (Å²) in [6.07, 6.45) is 1.36. The maximum Gasteiger partial charge on any atom is 0.271 e. The van der Waals surface area contributed by atoms with E-state index >= 15 is 0 Å². The molecule has 0 aliphatic rings. The molecule has 1 amide bonds. The lowest BCUT2D eigenvalue weighted by atomic mass is 10.1. The van der Waals surface area contributed by atoms with Crippen molar-refractivity contribution in [3.8, 4) is 11.3 Å². The van der Waals surface area contributed by atoms with E-state index < -0.39 is 4.92 Å². The summed E-state index contributed by atoms with van der Waals surface area (Å²) in [4.78, 5) is 22.3. The quantitative estimate of drug-likeness (QED) is 0.381. The van der Waals surface area contributed by atoms with Crippen molar-refractivity contribution in [2.75, 3.05) is 0 Å². The lowest BCUT2D eigenvalue weighted by Crippen LogP contribution is -2.17. The van der Waals surface area contributed by atoms with Crippen molar-refractivity contribution in [2.24, 2.45) is 5.10 Å². The first-order chi connectivity index (χ1) is 12.5. The molecular formula is C18H12BrN3O4. The zero-order valence-electron chi connectivity index (χ0n) is 13.3. The van der Waals surface area contributed by atoms with E-state index in [0.717, 1.165) is 4.47 Å². The zero-order chi connectivity index (χ0) is 18.5. The summed E-state index contributed by atoms with van der Waals surface area (Å²) in [5.74, 6) is 0.524. The second-order valence-corrected chi connectivity index (χ2v) is 6.13. The lowest BCUT2D eigenvalue weighted by molar-refractivity contribution is -0.384. The maximum absolute atomic E-state index is 11.9. The molecule has 7 nitrogen and oxygen atoms in total. The number of hydrogen-bond acceptors (Lipinski definition) is 5. The highest BCUT2D eigenvalue weighted by Crippen LogP contribution is 2.25. The van der Waals surface area contributed by atoms with Gasteiger partial charge < -0.3 is 4.42 Å². The molecule has 8 heteroatoms. The predicted molar refractivity (Wildman–Crippen MR) is 100 cm³/mol. The molecule has 0 spiro atoms. The number of amides is 1. The fourth-order valence-corrected chi connectivity index (χ4v) is 2.43. The Balaban J connectivity index is 1.67. The molecule has 3 rings (SSSR count). The first kappa shape index (κ1) is 17.6. The van der Waals surface area contributed by atoms with E-state index in [9.17, 15) is 14.9 Å². The van der Waals surface area contributed by atoms with E-state index in [-0.39, 0.29) is 11.6 Å². The summed E-state index contributed by atoms with van der Waals surface area (Å²) in [7, 11) is 0. The van der Waals surface area contributed by atoms with Crippen LogP contribution < -0.4 is 5.43 Å². The monoisotopic (exact) mass is 413 g/mol. The van der Waals surface area contributed by atoms with Gasteiger partial charge in [-0.3, -0.25) is 14.9 Å². The topological polar surface area (TPSA) is 97.7 Å². The number of furan rings is 1. The molecule has 0 aliphatic carbocycles. The summed E-state index contributed by atoms with van der Waals surface area (Å²) < 4.78 is 6.45. The third-order valence-electron chi connectivity index (χ3n) is 3.43. The van der Waals surface area contributed by atoms with Gasteiger partial charge in [0.1, 0.15) is 11.5 Å². The van der Waals surface area contributed by atoms with E-state index in [0.29, 0.717) is 22.6 Å². The Kier molecular flexibility index (Phi) is 5.23. The first-order valence-electron chi connectivity index (χ1n) is 7.46. The van der Waals surface area contributed by atoms with E-state index in [4.69, 9.17) is 4.42 Å². The number of benzene rings is 2. The number of non-ortho nitro benzene ring substituents is 1. The van der Waals surface area contributed by atoms with Crippen LogP contribution in [0.4, 0.5) is 5.69 Å². The number of halogens is 1. The van der Waals surface area contributed by atoms with Crippen LogP contribution in [0.3, 0.4) is 0 Å². The van der Waals surface area contributed by atoms with Crippen LogP contribution in [0.15, 0.2) is 74.7 Å². The van der Waals surface area contributed by atoms with Gasteiger partial charge in [-0.1, -0.05) is 28.1 Å². The Labute approximate surface area is 156 Å². The molecule has 1 aromatic heterocycles. The summed E-state index contributed by atoms with van der Waals surface area (Å²) in [5, 5.41) is 14.7. The SMILES string of the molecule is O=C(N/N=C\c1ccc(-c2cccc([N+](=O)[O-])c2)o1)c1ccc(Br)cc1. The predicted octanol–water partition coefficient (Wildman–Crippen LogP) is 4.38. The minimum atomic E-state index is -0.466. The zero-order valence-corrected chi connectivity index (χ0v) is 14.8. The fraction of sp³-hybridized carbons (Fsp3) is 0. The summed E-state index contributed by atoms with van der Waals surface area (Å²) >= 11 is 3.30. The molecule has 130 valence electrons. The van der Waals surface area contributed by atoms with Gasteiger partial charge in [0.2, 0.25) is 0 Å². The van der Waals surface area contributed by atoms with Crippen LogP contribution in [0.1, 0.15) is 16.1 Å². The number of nitrogens with one attached hydrogen (secondary N) is 1. The normalized spacial score (nSPS) is 10.8. The summed E-state index contributed by atoms with van der Waals surface area (Å²) in [6.45, 7) is 0. The number of nitro benzene ring substituents is 1. The smallest absolute Gasteiger partial charge is 0.271 e. The van der Waals surface area contributed by atoms with E-state index in [1.165, 1.54) is 18.3 Å². The van der Waals surface area contributed by atoms with Gasteiger partial charge in [-0.05, 0) is 36.4 Å². The van der Waals surface area contributed by atoms with Crippen LogP contribution in [0.25, 0.3) is 11.3 Å². The van der Waals surface area contributed by atoms with Gasteiger partial charge in [0.05, 0.1) is 11.1 Å². The van der Waals surface area contributed by atoms with Crippen LogP contribution in [0.5, 0.6) is 0 Å². The van der Waals surface area contributed by atoms with Crippen molar-refractivity contribution in [1.29, 1.82) is 0 Å². The Hall–Kier alpha value is -3.26.